The van der Waals surface area contributed by atoms with Crippen LogP contribution in [0.1, 0.15) is 16.8 Å². The van der Waals surface area contributed by atoms with Gasteiger partial charge in [-0.15, -0.1) is 0 Å². The Balaban J connectivity index is 1.76. The SMILES string of the molecule is CN=C(NCCNC(=O)c1cccc(OC)c1)Nc1cccc(OCCCOC)c1. The molecule has 0 saturated carbocycles. The van der Waals surface area contributed by atoms with Gasteiger partial charge in [0.1, 0.15) is 11.5 Å². The molecule has 2 aromatic carbocycles. The Morgan fingerprint density at radius 3 is 2.50 bits per heavy atom. The fraction of sp³-hybridized carbons (Fsp3) is 0.364. The summed E-state index contributed by atoms with van der Waals surface area (Å²) in [4.78, 5) is 16.4. The number of anilines is 1. The summed E-state index contributed by atoms with van der Waals surface area (Å²) < 4.78 is 15.9. The van der Waals surface area contributed by atoms with Crippen LogP contribution in [-0.2, 0) is 4.74 Å². The summed E-state index contributed by atoms with van der Waals surface area (Å²) in [6.07, 6.45) is 0.832. The monoisotopic (exact) mass is 414 g/mol. The van der Waals surface area contributed by atoms with Crippen LogP contribution in [0.4, 0.5) is 5.69 Å². The molecule has 8 nitrogen and oxygen atoms in total. The molecule has 0 saturated heterocycles. The average Bonchev–Trinajstić information content (AvgIpc) is 2.79. The first-order chi connectivity index (χ1) is 14.7. The Bertz CT molecular complexity index is 826. The number of carbonyl (C=O) groups excluding carboxylic acids is 1. The van der Waals surface area contributed by atoms with Crippen LogP contribution in [0, 0.1) is 0 Å². The molecule has 1 amide bonds. The van der Waals surface area contributed by atoms with E-state index < -0.39 is 0 Å². The first kappa shape index (κ1) is 23.0. The molecule has 0 atom stereocenters. The minimum absolute atomic E-state index is 0.156. The number of hydrogen-bond acceptors (Lipinski definition) is 5. The smallest absolute Gasteiger partial charge is 0.251 e. The van der Waals surface area contributed by atoms with Crippen molar-refractivity contribution in [3.63, 3.8) is 0 Å². The minimum Gasteiger partial charge on any atom is -0.497 e. The summed E-state index contributed by atoms with van der Waals surface area (Å²) in [5.74, 6) is 1.87. The first-order valence-electron chi connectivity index (χ1n) is 9.78. The number of amides is 1. The third-order valence-electron chi connectivity index (χ3n) is 4.12. The van der Waals surface area contributed by atoms with Gasteiger partial charge >= 0.3 is 0 Å². The van der Waals surface area contributed by atoms with Crippen molar-refractivity contribution in [2.24, 2.45) is 4.99 Å². The molecule has 0 aromatic heterocycles. The lowest BCUT2D eigenvalue weighted by atomic mass is 10.2. The number of methoxy groups -OCH3 is 2. The fourth-order valence-electron chi connectivity index (χ4n) is 2.60. The first-order valence-corrected chi connectivity index (χ1v) is 9.78. The van der Waals surface area contributed by atoms with E-state index in [9.17, 15) is 4.79 Å². The molecule has 0 unspecified atom stereocenters. The third kappa shape index (κ3) is 8.00. The molecule has 30 heavy (non-hydrogen) atoms. The predicted octanol–water partition coefficient (Wildman–Crippen LogP) is 2.53. The van der Waals surface area contributed by atoms with E-state index >= 15 is 0 Å². The number of nitrogens with one attached hydrogen (secondary N) is 3. The highest BCUT2D eigenvalue weighted by Gasteiger charge is 2.06. The number of hydrogen-bond donors (Lipinski definition) is 3. The fourth-order valence-corrected chi connectivity index (χ4v) is 2.60. The van der Waals surface area contributed by atoms with Gasteiger partial charge in [0.2, 0.25) is 0 Å². The van der Waals surface area contributed by atoms with Crippen LogP contribution in [-0.4, -0.2) is 59.4 Å². The van der Waals surface area contributed by atoms with Crippen molar-refractivity contribution in [1.82, 2.24) is 10.6 Å². The van der Waals surface area contributed by atoms with E-state index in [0.29, 0.717) is 43.6 Å². The maximum absolute atomic E-state index is 12.2. The minimum atomic E-state index is -0.156. The zero-order valence-electron chi connectivity index (χ0n) is 17.7. The van der Waals surface area contributed by atoms with Crippen LogP contribution in [0.25, 0.3) is 0 Å². The summed E-state index contributed by atoms with van der Waals surface area (Å²) in [6, 6.07) is 14.7. The van der Waals surface area contributed by atoms with Crippen molar-refractivity contribution in [1.29, 1.82) is 0 Å². The number of aliphatic imine (C=N–C) groups is 1. The molecule has 0 radical (unpaired) electrons. The van der Waals surface area contributed by atoms with E-state index in [0.717, 1.165) is 17.9 Å². The van der Waals surface area contributed by atoms with Crippen LogP contribution < -0.4 is 25.4 Å². The lowest BCUT2D eigenvalue weighted by molar-refractivity contribution is 0.0954. The summed E-state index contributed by atoms with van der Waals surface area (Å²) in [6.45, 7) is 2.22. The van der Waals surface area contributed by atoms with Crippen molar-refractivity contribution in [3.8, 4) is 11.5 Å². The maximum Gasteiger partial charge on any atom is 0.251 e. The molecule has 0 spiro atoms. The van der Waals surface area contributed by atoms with E-state index in [2.05, 4.69) is 20.9 Å². The second-order valence-corrected chi connectivity index (χ2v) is 6.33. The van der Waals surface area contributed by atoms with Gasteiger partial charge in [-0.3, -0.25) is 9.79 Å². The van der Waals surface area contributed by atoms with Gasteiger partial charge in [0.05, 0.1) is 13.7 Å². The Morgan fingerprint density at radius 2 is 1.73 bits per heavy atom. The molecule has 0 aliphatic rings. The van der Waals surface area contributed by atoms with Gasteiger partial charge in [0, 0.05) is 57.6 Å². The van der Waals surface area contributed by atoms with Crippen LogP contribution in [0.2, 0.25) is 0 Å². The lowest BCUT2D eigenvalue weighted by Crippen LogP contribution is -2.37. The van der Waals surface area contributed by atoms with Gasteiger partial charge in [0.25, 0.3) is 5.91 Å². The third-order valence-corrected chi connectivity index (χ3v) is 4.12. The Hall–Kier alpha value is -3.26. The van der Waals surface area contributed by atoms with Crippen LogP contribution in [0.5, 0.6) is 11.5 Å². The molecule has 0 fully saturated rings. The largest absolute Gasteiger partial charge is 0.497 e. The highest BCUT2D eigenvalue weighted by Crippen LogP contribution is 2.17. The van der Waals surface area contributed by atoms with Crippen LogP contribution in [0.3, 0.4) is 0 Å². The Labute approximate surface area is 177 Å². The lowest BCUT2D eigenvalue weighted by Gasteiger charge is -2.13. The van der Waals surface area contributed by atoms with Crippen molar-refractivity contribution < 1.29 is 19.0 Å². The van der Waals surface area contributed by atoms with E-state index in [1.54, 1.807) is 45.5 Å². The normalized spacial score (nSPS) is 11.0. The van der Waals surface area contributed by atoms with Crippen molar-refractivity contribution in [2.75, 3.05) is 52.9 Å². The second-order valence-electron chi connectivity index (χ2n) is 6.33. The highest BCUT2D eigenvalue weighted by molar-refractivity contribution is 5.95. The average molecular weight is 415 g/mol. The Kier molecular flexibility index (Phi) is 10.0. The number of rotatable bonds is 11. The van der Waals surface area contributed by atoms with Crippen molar-refractivity contribution >= 4 is 17.6 Å². The number of nitrogens with zero attached hydrogens (tertiary/aromatic N) is 1. The zero-order valence-corrected chi connectivity index (χ0v) is 17.7. The number of benzene rings is 2. The highest BCUT2D eigenvalue weighted by atomic mass is 16.5. The summed E-state index contributed by atoms with van der Waals surface area (Å²) in [7, 11) is 4.94. The molecule has 3 N–H and O–H groups in total. The molecule has 0 aliphatic carbocycles. The van der Waals surface area contributed by atoms with Crippen LogP contribution >= 0.6 is 0 Å². The maximum atomic E-state index is 12.2. The molecule has 0 bridgehead atoms. The quantitative estimate of drug-likeness (QED) is 0.297. The second kappa shape index (κ2) is 13.1. The van der Waals surface area contributed by atoms with E-state index in [1.165, 1.54) is 0 Å². The number of ether oxygens (including phenoxy) is 3. The molecular formula is C22H30N4O4. The summed E-state index contributed by atoms with van der Waals surface area (Å²) >= 11 is 0. The molecule has 8 heteroatoms. The van der Waals surface area contributed by atoms with E-state index in [1.807, 2.05) is 24.3 Å². The standard InChI is InChI=1S/C22H30N4O4/c1-23-22(26-18-8-5-10-20(16-18)30-14-6-13-28-2)25-12-11-24-21(27)17-7-4-9-19(15-17)29-3/h4-5,7-10,15-16H,6,11-14H2,1-3H3,(H,24,27)(H2,23,25,26). The van der Waals surface area contributed by atoms with Gasteiger partial charge in [-0.1, -0.05) is 12.1 Å². The molecule has 0 heterocycles. The molecule has 2 rings (SSSR count). The van der Waals surface area contributed by atoms with Crippen molar-refractivity contribution in [3.05, 3.63) is 54.1 Å². The molecule has 2 aromatic rings. The van der Waals surface area contributed by atoms with E-state index in [4.69, 9.17) is 14.2 Å². The summed E-state index contributed by atoms with van der Waals surface area (Å²) in [5, 5.41) is 9.25. The van der Waals surface area contributed by atoms with Gasteiger partial charge < -0.3 is 30.2 Å². The molecule has 0 aliphatic heterocycles. The number of carbonyl (C=O) groups is 1. The van der Waals surface area contributed by atoms with Gasteiger partial charge in [-0.2, -0.15) is 0 Å². The Morgan fingerprint density at radius 1 is 0.967 bits per heavy atom. The van der Waals surface area contributed by atoms with Gasteiger partial charge in [-0.05, 0) is 30.3 Å². The molecular weight excluding hydrogens is 384 g/mol. The summed E-state index contributed by atoms with van der Waals surface area (Å²) in [5.41, 5.74) is 1.41. The number of guanidine groups is 1. The van der Waals surface area contributed by atoms with Gasteiger partial charge in [-0.25, -0.2) is 0 Å². The van der Waals surface area contributed by atoms with Crippen LogP contribution in [0.15, 0.2) is 53.5 Å². The molecule has 162 valence electrons. The topological polar surface area (TPSA) is 93.2 Å². The van der Waals surface area contributed by atoms with E-state index in [-0.39, 0.29) is 5.91 Å². The van der Waals surface area contributed by atoms with Crippen molar-refractivity contribution in [2.45, 2.75) is 6.42 Å². The zero-order chi connectivity index (χ0) is 21.6. The van der Waals surface area contributed by atoms with Gasteiger partial charge in [0.15, 0.2) is 5.96 Å². The predicted molar refractivity (Wildman–Crippen MR) is 119 cm³/mol.